The van der Waals surface area contributed by atoms with Crippen molar-refractivity contribution in [2.75, 3.05) is 27.3 Å². The highest BCUT2D eigenvalue weighted by Crippen LogP contribution is 2.29. The van der Waals surface area contributed by atoms with Gasteiger partial charge >= 0.3 is 12.6 Å². The molecule has 0 aliphatic heterocycles. The maximum atomic E-state index is 13.2. The number of aromatic nitrogens is 4. The molecule has 2 aromatic heterocycles. The van der Waals surface area contributed by atoms with Crippen LogP contribution in [0.2, 0.25) is 6.82 Å². The Morgan fingerprint density at radius 2 is 1.19 bits per heavy atom. The fourth-order valence-electron chi connectivity index (χ4n) is 8.13. The number of nitrogens with zero attached hydrogens (tertiary/aromatic N) is 5. The molecule has 8 rings (SSSR count). The SMILES string of the molecule is C=CCN(C(=O)Cn1nc(C(=O)c2ccccc2)c2ccc(OC)cc21)C1CCCC1.C=CCNC1CCCC1.CB(O)P.COc1ccc2c(C(=O)c3ccccc3)nn(CC(=O)O)c2c1. The zero-order chi connectivity index (χ0) is 48.3. The summed E-state index contributed by atoms with van der Waals surface area (Å²) in [5.74, 6) is -0.236. The third-order valence-corrected chi connectivity index (χ3v) is 11.3. The first-order valence-corrected chi connectivity index (χ1v) is 23.2. The van der Waals surface area contributed by atoms with Crippen LogP contribution < -0.4 is 14.8 Å². The number of ether oxygens (including phenoxy) is 2. The van der Waals surface area contributed by atoms with Crippen molar-refractivity contribution in [3.8, 4) is 11.5 Å². The van der Waals surface area contributed by atoms with Gasteiger partial charge in [-0.15, -0.1) is 22.3 Å². The number of aliphatic carboxylic acids is 1. The molecule has 1 atom stereocenters. The Kier molecular flexibility index (Phi) is 20.1. The zero-order valence-electron chi connectivity index (χ0n) is 38.7. The normalized spacial score (nSPS) is 13.3. The van der Waals surface area contributed by atoms with Gasteiger partial charge in [-0.1, -0.05) is 105 Å². The van der Waals surface area contributed by atoms with E-state index in [1.165, 1.54) is 37.5 Å². The molecule has 2 heterocycles. The van der Waals surface area contributed by atoms with Gasteiger partial charge in [0.15, 0.2) is 0 Å². The van der Waals surface area contributed by atoms with E-state index in [0.29, 0.717) is 56.7 Å². The predicted molar refractivity (Wildman–Crippen MR) is 268 cm³/mol. The number of nitrogens with one attached hydrogen (secondary N) is 1. The Labute approximate surface area is 395 Å². The molecule has 0 bridgehead atoms. The van der Waals surface area contributed by atoms with Crippen molar-refractivity contribution in [3.63, 3.8) is 0 Å². The smallest absolute Gasteiger partial charge is 0.325 e. The van der Waals surface area contributed by atoms with Gasteiger partial charge in [0, 0.05) is 59.2 Å². The minimum absolute atomic E-state index is 0.0160. The number of fused-ring (bicyclic) bond motifs is 2. The number of carbonyl (C=O) groups excluding carboxylic acids is 3. The molecular weight excluding hydrogens is 866 g/mol. The first kappa shape index (κ1) is 51.6. The molecule has 6 aromatic rings. The van der Waals surface area contributed by atoms with Gasteiger partial charge in [0.05, 0.1) is 25.3 Å². The third-order valence-electron chi connectivity index (χ3n) is 11.3. The summed E-state index contributed by atoms with van der Waals surface area (Å²) >= 11 is 0. The van der Waals surface area contributed by atoms with E-state index in [0.717, 1.165) is 38.3 Å². The minimum atomic E-state index is -1.03. The molecular formula is C51H62BN6O8P. The van der Waals surface area contributed by atoms with Crippen LogP contribution in [0.4, 0.5) is 0 Å². The van der Waals surface area contributed by atoms with Crippen LogP contribution in [0.15, 0.2) is 122 Å². The van der Waals surface area contributed by atoms with E-state index in [-0.39, 0.29) is 48.9 Å². The summed E-state index contributed by atoms with van der Waals surface area (Å²) in [4.78, 5) is 52.0. The monoisotopic (exact) mass is 928 g/mol. The van der Waals surface area contributed by atoms with Crippen LogP contribution in [0.1, 0.15) is 83.5 Å². The average molecular weight is 929 g/mol. The largest absolute Gasteiger partial charge is 0.497 e. The van der Waals surface area contributed by atoms with Crippen molar-refractivity contribution in [1.82, 2.24) is 29.8 Å². The van der Waals surface area contributed by atoms with Crippen molar-refractivity contribution < 1.29 is 38.8 Å². The van der Waals surface area contributed by atoms with Gasteiger partial charge in [-0.05, 0) is 49.9 Å². The lowest BCUT2D eigenvalue weighted by molar-refractivity contribution is -0.138. The van der Waals surface area contributed by atoms with E-state index in [1.54, 1.807) is 85.4 Å². The van der Waals surface area contributed by atoms with Crippen LogP contribution in [-0.4, -0.2) is 104 Å². The number of hydrogen-bond donors (Lipinski definition) is 3. The maximum Gasteiger partial charge on any atom is 0.325 e. The van der Waals surface area contributed by atoms with Crippen LogP contribution >= 0.6 is 9.12 Å². The number of carboxylic acids is 1. The Morgan fingerprint density at radius 1 is 0.746 bits per heavy atom. The lowest BCUT2D eigenvalue weighted by Crippen LogP contribution is -2.41. The molecule has 2 aliphatic rings. The summed E-state index contributed by atoms with van der Waals surface area (Å²) < 4.78 is 13.5. The van der Waals surface area contributed by atoms with Gasteiger partial charge in [0.2, 0.25) is 17.5 Å². The first-order chi connectivity index (χ1) is 32.4. The zero-order valence-corrected chi connectivity index (χ0v) is 39.8. The number of ketones is 2. The molecule has 0 saturated heterocycles. The van der Waals surface area contributed by atoms with Crippen molar-refractivity contribution in [2.24, 2.45) is 0 Å². The van der Waals surface area contributed by atoms with E-state index in [2.05, 4.69) is 37.8 Å². The fraction of sp³-hybridized carbons (Fsp3) is 0.333. The molecule has 2 fully saturated rings. The Morgan fingerprint density at radius 3 is 1.61 bits per heavy atom. The molecule has 14 nitrogen and oxygen atoms in total. The van der Waals surface area contributed by atoms with E-state index in [9.17, 15) is 19.2 Å². The quantitative estimate of drug-likeness (QED) is 0.0368. The Hall–Kier alpha value is -6.41. The van der Waals surface area contributed by atoms with Gasteiger partial charge in [0.1, 0.15) is 36.0 Å². The van der Waals surface area contributed by atoms with Crippen molar-refractivity contribution in [1.29, 1.82) is 0 Å². The second-order valence-corrected chi connectivity index (χ2v) is 17.2. The van der Waals surface area contributed by atoms with Crippen LogP contribution in [0.5, 0.6) is 11.5 Å². The molecule has 1 unspecified atom stereocenters. The molecule has 67 heavy (non-hydrogen) atoms. The molecule has 352 valence electrons. The molecule has 2 aliphatic carbocycles. The van der Waals surface area contributed by atoms with Gasteiger partial charge in [-0.3, -0.25) is 28.5 Å². The van der Waals surface area contributed by atoms with Crippen LogP contribution in [0.3, 0.4) is 0 Å². The molecule has 1 amide bonds. The molecule has 2 saturated carbocycles. The molecule has 16 heteroatoms. The number of methoxy groups -OCH3 is 2. The van der Waals surface area contributed by atoms with Crippen molar-refractivity contribution in [3.05, 3.63) is 145 Å². The number of carboxylic acid groups (broad SMARTS) is 1. The molecule has 4 aromatic carbocycles. The highest BCUT2D eigenvalue weighted by Gasteiger charge is 2.28. The van der Waals surface area contributed by atoms with E-state index < -0.39 is 5.97 Å². The van der Waals surface area contributed by atoms with Crippen molar-refractivity contribution in [2.45, 2.75) is 83.4 Å². The van der Waals surface area contributed by atoms with Gasteiger partial charge in [0.25, 0.3) is 0 Å². The summed E-state index contributed by atoms with van der Waals surface area (Å²) in [6.07, 6.45) is 13.6. The van der Waals surface area contributed by atoms with E-state index in [1.807, 2.05) is 47.4 Å². The number of hydrogen-bond acceptors (Lipinski definition) is 10. The van der Waals surface area contributed by atoms with E-state index >= 15 is 0 Å². The lowest BCUT2D eigenvalue weighted by Gasteiger charge is -2.28. The van der Waals surface area contributed by atoms with E-state index in [4.69, 9.17) is 19.6 Å². The Bertz CT molecular complexity index is 2590. The predicted octanol–water partition coefficient (Wildman–Crippen LogP) is 8.27. The highest BCUT2D eigenvalue weighted by atomic mass is 31.0. The number of rotatable bonds is 16. The minimum Gasteiger partial charge on any atom is -0.497 e. The highest BCUT2D eigenvalue weighted by molar-refractivity contribution is 7.59. The third kappa shape index (κ3) is 14.5. The molecule has 3 N–H and O–H groups in total. The van der Waals surface area contributed by atoms with Crippen LogP contribution in [0, 0.1) is 0 Å². The van der Waals surface area contributed by atoms with Gasteiger partial charge in [-0.2, -0.15) is 10.2 Å². The standard InChI is InChI=1S/C25H27N3O3.C17H14N2O4.C8H15N.CH6BOP/c1-3-15-27(19-11-7-8-12-19)23(29)17-28-22-16-20(31-2)13-14-21(22)24(26-28)25(30)18-9-5-4-6-10-18;1-23-12-7-8-13-14(9-12)19(10-15(20)21)18-16(13)17(22)11-5-3-2-4-6-11;1-2-7-9-8-5-3-4-6-8;1-2(3)4/h3-6,9-10,13-14,16,19H,1,7-8,11-12,15,17H2,2H3;2-9H,10H2,1H3,(H,20,21);2,8-9H,1,3-7H2;3H,4H2,1H3. The fourth-order valence-corrected chi connectivity index (χ4v) is 8.13. The average Bonchev–Trinajstić information content (AvgIpc) is 4.19. The second-order valence-electron chi connectivity index (χ2n) is 16.3. The first-order valence-electron chi connectivity index (χ1n) is 22.6. The van der Waals surface area contributed by atoms with Gasteiger partial charge < -0.3 is 29.8 Å². The number of amides is 1. The number of carbonyl (C=O) groups is 4. The molecule has 0 radical (unpaired) electrons. The van der Waals surface area contributed by atoms with Crippen molar-refractivity contribution >= 4 is 61.0 Å². The summed E-state index contributed by atoms with van der Waals surface area (Å²) in [5.41, 5.74) is 2.89. The summed E-state index contributed by atoms with van der Waals surface area (Å²) in [6.45, 7) is 10.1. The maximum absolute atomic E-state index is 13.2. The number of benzene rings is 4. The second kappa shape index (κ2) is 26.1. The lowest BCUT2D eigenvalue weighted by atomic mass is 10.1. The van der Waals surface area contributed by atoms with Gasteiger partial charge in [-0.25, -0.2) is 0 Å². The topological polar surface area (TPSA) is 178 Å². The van der Waals surface area contributed by atoms with Crippen LogP contribution in [0.25, 0.3) is 21.8 Å². The molecule has 0 spiro atoms. The Balaban J connectivity index is 0.000000203. The summed E-state index contributed by atoms with van der Waals surface area (Å²) in [6, 6.07) is 29.4. The summed E-state index contributed by atoms with van der Waals surface area (Å²) in [7, 11) is 5.33. The summed E-state index contributed by atoms with van der Waals surface area (Å²) in [5, 5.41) is 30.6. The van der Waals surface area contributed by atoms with Crippen LogP contribution in [-0.2, 0) is 22.7 Å².